The van der Waals surface area contributed by atoms with Crippen molar-refractivity contribution in [1.82, 2.24) is 0 Å². The predicted octanol–water partition coefficient (Wildman–Crippen LogP) is 1.66. The number of primary sulfonamides is 1. The molecule has 2 aromatic rings. The number of hydrogen-bond donors (Lipinski definition) is 2. The Balaban J connectivity index is 0.000000212. The van der Waals surface area contributed by atoms with Crippen LogP contribution in [-0.4, -0.2) is 8.42 Å². The van der Waals surface area contributed by atoms with Crippen molar-refractivity contribution in [2.24, 2.45) is 5.14 Å². The molecule has 0 saturated heterocycles. The Hall–Kier alpha value is -1.37. The second-order valence-electron chi connectivity index (χ2n) is 2.88. The molecule has 0 fully saturated rings. The van der Waals surface area contributed by atoms with Crippen LogP contribution in [0.1, 0.15) is 0 Å². The van der Waals surface area contributed by atoms with Gasteiger partial charge in [-0.2, -0.15) is 11.3 Å². The van der Waals surface area contributed by atoms with Gasteiger partial charge in [0.1, 0.15) is 4.90 Å². The minimum atomic E-state index is -3.66. The smallest absolute Gasteiger partial charge is 0.240 e. The fraction of sp³-hybridized carbons (Fsp3) is 0. The van der Waals surface area contributed by atoms with Crippen molar-refractivity contribution < 1.29 is 8.42 Å². The predicted molar refractivity (Wildman–Crippen MR) is 66.5 cm³/mol. The van der Waals surface area contributed by atoms with Crippen molar-refractivity contribution in [3.8, 4) is 0 Å². The highest BCUT2D eigenvalue weighted by Gasteiger charge is 2.09. The zero-order valence-corrected chi connectivity index (χ0v) is 10.0. The monoisotopic (exact) mass is 256 g/mol. The van der Waals surface area contributed by atoms with Crippen LogP contribution < -0.4 is 10.9 Å². The molecule has 0 spiro atoms. The molecule has 0 bridgehead atoms. The van der Waals surface area contributed by atoms with Crippen LogP contribution in [0.25, 0.3) is 0 Å². The molecule has 1 heterocycles. The second-order valence-corrected chi connectivity index (χ2v) is 5.22. The second kappa shape index (κ2) is 5.64. The third-order valence-electron chi connectivity index (χ3n) is 1.65. The van der Waals surface area contributed by atoms with E-state index in [9.17, 15) is 8.42 Å². The lowest BCUT2D eigenvalue weighted by Crippen LogP contribution is -2.13. The molecule has 0 amide bonds. The molecular weight excluding hydrogens is 244 g/mol. The number of anilines is 1. The number of para-hydroxylation sites is 1. The van der Waals surface area contributed by atoms with Crippen molar-refractivity contribution in [3.05, 3.63) is 47.2 Å². The first kappa shape index (κ1) is 12.7. The van der Waals surface area contributed by atoms with Crippen molar-refractivity contribution in [3.63, 3.8) is 0 Å². The van der Waals surface area contributed by atoms with E-state index in [1.165, 1.54) is 12.1 Å². The standard InChI is InChI=1S/C6H8N2O2S.C4H4S/c7-5-3-1-2-4-6(5)11(8,9)10;1-2-4-5-3-1/h1-4H,7H2,(H2,8,9,10);1-4H. The highest BCUT2D eigenvalue weighted by molar-refractivity contribution is 7.89. The summed E-state index contributed by atoms with van der Waals surface area (Å²) < 4.78 is 21.5. The molecule has 0 atom stereocenters. The van der Waals surface area contributed by atoms with E-state index in [0.29, 0.717) is 0 Å². The third kappa shape index (κ3) is 4.01. The molecule has 4 nitrogen and oxygen atoms in total. The Labute approximate surface area is 98.6 Å². The van der Waals surface area contributed by atoms with E-state index in [1.54, 1.807) is 23.5 Å². The molecule has 16 heavy (non-hydrogen) atoms. The van der Waals surface area contributed by atoms with Gasteiger partial charge < -0.3 is 5.73 Å². The number of rotatable bonds is 1. The van der Waals surface area contributed by atoms with Crippen LogP contribution in [0.3, 0.4) is 0 Å². The van der Waals surface area contributed by atoms with Gasteiger partial charge in [-0.1, -0.05) is 24.3 Å². The maximum Gasteiger partial charge on any atom is 0.240 e. The molecule has 0 saturated carbocycles. The highest BCUT2D eigenvalue weighted by atomic mass is 32.2. The maximum absolute atomic E-state index is 10.8. The molecule has 4 N–H and O–H groups in total. The van der Waals surface area contributed by atoms with E-state index in [4.69, 9.17) is 10.9 Å². The summed E-state index contributed by atoms with van der Waals surface area (Å²) >= 11 is 1.71. The summed E-state index contributed by atoms with van der Waals surface area (Å²) in [6.45, 7) is 0. The number of thiophene rings is 1. The molecular formula is C10H12N2O2S2. The fourth-order valence-corrected chi connectivity index (χ4v) is 2.08. The topological polar surface area (TPSA) is 86.2 Å². The van der Waals surface area contributed by atoms with Gasteiger partial charge in [0.25, 0.3) is 0 Å². The average molecular weight is 256 g/mol. The summed E-state index contributed by atoms with van der Waals surface area (Å²) in [6, 6.07) is 10.1. The van der Waals surface area contributed by atoms with Gasteiger partial charge in [0.2, 0.25) is 10.0 Å². The normalized spacial score (nSPS) is 10.3. The van der Waals surface area contributed by atoms with Gasteiger partial charge in [0, 0.05) is 0 Å². The Bertz CT molecular complexity index is 504. The summed E-state index contributed by atoms with van der Waals surface area (Å²) in [4.78, 5) is -0.0278. The average Bonchev–Trinajstić information content (AvgIpc) is 2.74. The SMILES string of the molecule is Nc1ccccc1S(N)(=O)=O.c1ccsc1. The number of hydrogen-bond acceptors (Lipinski definition) is 4. The quantitative estimate of drug-likeness (QED) is 0.761. The van der Waals surface area contributed by atoms with Crippen LogP contribution in [0.2, 0.25) is 0 Å². The molecule has 0 aliphatic rings. The number of sulfonamides is 1. The molecule has 0 aliphatic heterocycles. The van der Waals surface area contributed by atoms with Gasteiger partial charge in [0.15, 0.2) is 0 Å². The zero-order valence-electron chi connectivity index (χ0n) is 8.41. The van der Waals surface area contributed by atoms with Crippen LogP contribution >= 0.6 is 11.3 Å². The lowest BCUT2D eigenvalue weighted by molar-refractivity contribution is 0.598. The van der Waals surface area contributed by atoms with Gasteiger partial charge >= 0.3 is 0 Å². The first-order valence-electron chi connectivity index (χ1n) is 4.36. The van der Waals surface area contributed by atoms with Crippen LogP contribution in [0.5, 0.6) is 0 Å². The zero-order chi connectivity index (χ0) is 12.0. The van der Waals surface area contributed by atoms with Gasteiger partial charge in [-0.15, -0.1) is 0 Å². The minimum absolute atomic E-state index is 0.0278. The van der Waals surface area contributed by atoms with Crippen LogP contribution in [0.4, 0.5) is 5.69 Å². The van der Waals surface area contributed by atoms with Gasteiger partial charge in [-0.25, -0.2) is 13.6 Å². The Kier molecular flexibility index (Phi) is 4.48. The summed E-state index contributed by atoms with van der Waals surface area (Å²) in [5.41, 5.74) is 5.52. The van der Waals surface area contributed by atoms with Gasteiger partial charge in [-0.05, 0) is 22.9 Å². The molecule has 1 aromatic heterocycles. The van der Waals surface area contributed by atoms with E-state index in [0.717, 1.165) is 0 Å². The van der Waals surface area contributed by atoms with Crippen molar-refractivity contribution in [1.29, 1.82) is 0 Å². The van der Waals surface area contributed by atoms with Crippen LogP contribution in [0, 0.1) is 0 Å². The summed E-state index contributed by atoms with van der Waals surface area (Å²) in [5.74, 6) is 0. The Morgan fingerprint density at radius 2 is 1.56 bits per heavy atom. The van der Waals surface area contributed by atoms with Gasteiger partial charge in [0.05, 0.1) is 5.69 Å². The van der Waals surface area contributed by atoms with E-state index in [-0.39, 0.29) is 10.6 Å². The first-order chi connectivity index (χ1) is 7.52. The molecule has 0 radical (unpaired) electrons. The number of benzene rings is 1. The largest absolute Gasteiger partial charge is 0.398 e. The summed E-state index contributed by atoms with van der Waals surface area (Å²) in [6.07, 6.45) is 0. The molecule has 0 aliphatic carbocycles. The van der Waals surface area contributed by atoms with E-state index in [2.05, 4.69) is 0 Å². The third-order valence-corrected chi connectivity index (χ3v) is 3.26. The van der Waals surface area contributed by atoms with Crippen LogP contribution in [0.15, 0.2) is 52.1 Å². The molecule has 0 unspecified atom stereocenters. The van der Waals surface area contributed by atoms with E-state index in [1.807, 2.05) is 22.9 Å². The minimum Gasteiger partial charge on any atom is -0.398 e. The highest BCUT2D eigenvalue weighted by Crippen LogP contribution is 2.14. The van der Waals surface area contributed by atoms with Crippen LogP contribution in [-0.2, 0) is 10.0 Å². The molecule has 86 valence electrons. The molecule has 2 rings (SSSR count). The Morgan fingerprint density at radius 1 is 1.00 bits per heavy atom. The van der Waals surface area contributed by atoms with E-state index < -0.39 is 10.0 Å². The Morgan fingerprint density at radius 3 is 1.88 bits per heavy atom. The maximum atomic E-state index is 10.8. The molecule has 1 aromatic carbocycles. The van der Waals surface area contributed by atoms with Crippen molar-refractivity contribution in [2.75, 3.05) is 5.73 Å². The van der Waals surface area contributed by atoms with Crippen molar-refractivity contribution in [2.45, 2.75) is 4.90 Å². The van der Waals surface area contributed by atoms with Gasteiger partial charge in [-0.3, -0.25) is 0 Å². The summed E-state index contributed by atoms with van der Waals surface area (Å²) in [5, 5.41) is 8.93. The first-order valence-corrected chi connectivity index (χ1v) is 6.85. The lowest BCUT2D eigenvalue weighted by Gasteiger charge is -2.00. The fourth-order valence-electron chi connectivity index (χ4n) is 0.966. The van der Waals surface area contributed by atoms with E-state index >= 15 is 0 Å². The number of nitrogen functional groups attached to an aromatic ring is 1. The number of nitrogens with two attached hydrogens (primary N) is 2. The lowest BCUT2D eigenvalue weighted by atomic mass is 10.3. The summed E-state index contributed by atoms with van der Waals surface area (Å²) in [7, 11) is -3.66. The molecule has 6 heteroatoms. The van der Waals surface area contributed by atoms with Crippen molar-refractivity contribution >= 4 is 27.0 Å².